The fourth-order valence-corrected chi connectivity index (χ4v) is 4.07. The zero-order chi connectivity index (χ0) is 16.1. The van der Waals surface area contributed by atoms with E-state index >= 15 is 0 Å². The number of sulfonamides is 1. The highest BCUT2D eigenvalue weighted by atomic mass is 32.2. The van der Waals surface area contributed by atoms with Crippen molar-refractivity contribution in [3.8, 4) is 0 Å². The van der Waals surface area contributed by atoms with E-state index in [4.69, 9.17) is 5.73 Å². The first kappa shape index (κ1) is 18.4. The Hall–Kier alpha value is -0.660. The highest BCUT2D eigenvalue weighted by molar-refractivity contribution is 7.89. The number of nitrogens with two attached hydrogens (primary N) is 1. The molecule has 6 nitrogen and oxygen atoms in total. The number of hydrogen-bond acceptors (Lipinski definition) is 4. The lowest BCUT2D eigenvalue weighted by Crippen LogP contribution is -2.40. The molecule has 0 aliphatic carbocycles. The Balaban J connectivity index is 2.36. The summed E-state index contributed by atoms with van der Waals surface area (Å²) in [4.78, 5) is 13.7. The molecule has 0 unspecified atom stereocenters. The second-order valence-corrected chi connectivity index (χ2v) is 8.73. The van der Waals surface area contributed by atoms with Crippen LogP contribution < -0.4 is 5.73 Å². The van der Waals surface area contributed by atoms with Crippen LogP contribution in [-0.4, -0.2) is 62.5 Å². The van der Waals surface area contributed by atoms with Crippen LogP contribution in [0, 0.1) is 5.41 Å². The number of nitrogens with zero attached hydrogens (tertiary/aromatic N) is 2. The first-order chi connectivity index (χ1) is 9.68. The van der Waals surface area contributed by atoms with Gasteiger partial charge in [0.1, 0.15) is 0 Å². The number of hydrogen-bond donors (Lipinski definition) is 1. The third-order valence-electron chi connectivity index (χ3n) is 3.89. The maximum Gasteiger partial charge on any atom is 0.222 e. The molecule has 1 rings (SSSR count). The van der Waals surface area contributed by atoms with E-state index in [1.54, 1.807) is 16.3 Å². The van der Waals surface area contributed by atoms with Crippen LogP contribution in [0.4, 0.5) is 0 Å². The molecule has 1 fully saturated rings. The lowest BCUT2D eigenvalue weighted by molar-refractivity contribution is -0.131. The lowest BCUT2D eigenvalue weighted by atomic mass is 9.93. The van der Waals surface area contributed by atoms with E-state index in [1.807, 2.05) is 13.8 Å². The summed E-state index contributed by atoms with van der Waals surface area (Å²) in [6.07, 6.45) is 2.53. The summed E-state index contributed by atoms with van der Waals surface area (Å²) in [7, 11) is -1.43. The van der Waals surface area contributed by atoms with Crippen LogP contribution in [0.2, 0.25) is 0 Å². The van der Waals surface area contributed by atoms with Crippen molar-refractivity contribution in [3.05, 3.63) is 0 Å². The van der Waals surface area contributed by atoms with Gasteiger partial charge in [-0.05, 0) is 31.2 Å². The Bertz CT molecular complexity index is 442. The Kier molecular flexibility index (Phi) is 6.62. The van der Waals surface area contributed by atoms with Crippen molar-refractivity contribution in [1.29, 1.82) is 0 Å². The average molecular weight is 319 g/mol. The van der Waals surface area contributed by atoms with Gasteiger partial charge < -0.3 is 10.6 Å². The summed E-state index contributed by atoms with van der Waals surface area (Å²) in [6, 6.07) is 0. The van der Waals surface area contributed by atoms with Crippen LogP contribution in [0.25, 0.3) is 0 Å². The first-order valence-corrected chi connectivity index (χ1v) is 9.21. The van der Waals surface area contributed by atoms with Crippen molar-refractivity contribution in [3.63, 3.8) is 0 Å². The van der Waals surface area contributed by atoms with Crippen LogP contribution in [0.1, 0.15) is 39.5 Å². The first-order valence-electron chi connectivity index (χ1n) is 7.60. The average Bonchev–Trinajstić information content (AvgIpc) is 2.92. The van der Waals surface area contributed by atoms with Crippen molar-refractivity contribution in [1.82, 2.24) is 9.21 Å². The second kappa shape index (κ2) is 7.56. The molecule has 1 amide bonds. The second-order valence-electron chi connectivity index (χ2n) is 6.64. The van der Waals surface area contributed by atoms with Gasteiger partial charge in [-0.1, -0.05) is 13.8 Å². The molecule has 0 atom stereocenters. The summed E-state index contributed by atoms with van der Waals surface area (Å²) in [5, 5.41) is 0. The number of carbonyl (C=O) groups is 1. The zero-order valence-electron chi connectivity index (χ0n) is 13.5. The molecule has 0 aromatic rings. The van der Waals surface area contributed by atoms with Gasteiger partial charge in [0.25, 0.3) is 0 Å². The van der Waals surface area contributed by atoms with Crippen molar-refractivity contribution in [2.75, 3.05) is 39.0 Å². The highest BCUT2D eigenvalue weighted by Crippen LogP contribution is 2.16. The Morgan fingerprint density at radius 1 is 1.29 bits per heavy atom. The Morgan fingerprint density at radius 3 is 2.38 bits per heavy atom. The fraction of sp³-hybridized carbons (Fsp3) is 0.929. The standard InChI is InChI=1S/C14H29N3O3S/c1-14(2,11-15)12-16(3)13(18)7-6-10-21(19,20)17-8-4-5-9-17/h4-12,15H2,1-3H3. The zero-order valence-corrected chi connectivity index (χ0v) is 14.3. The van der Waals surface area contributed by atoms with Crippen LogP contribution >= 0.6 is 0 Å². The fourth-order valence-electron chi connectivity index (χ4n) is 2.49. The van der Waals surface area contributed by atoms with E-state index < -0.39 is 10.0 Å². The van der Waals surface area contributed by atoms with Gasteiger partial charge in [0.15, 0.2) is 0 Å². The van der Waals surface area contributed by atoms with Crippen molar-refractivity contribution in [2.24, 2.45) is 11.1 Å². The molecule has 1 aliphatic rings. The third kappa shape index (κ3) is 5.92. The predicted molar refractivity (Wildman–Crippen MR) is 84.3 cm³/mol. The van der Waals surface area contributed by atoms with E-state index in [0.29, 0.717) is 32.6 Å². The van der Waals surface area contributed by atoms with Gasteiger partial charge in [-0.25, -0.2) is 12.7 Å². The predicted octanol–water partition coefficient (Wildman–Crippen LogP) is 0.636. The summed E-state index contributed by atoms with van der Waals surface area (Å²) in [5.74, 6) is 0.0421. The molecule has 1 saturated heterocycles. The number of carbonyl (C=O) groups excluding carboxylic acids is 1. The monoisotopic (exact) mass is 319 g/mol. The summed E-state index contributed by atoms with van der Waals surface area (Å²) in [5.41, 5.74) is 5.54. The molecule has 0 saturated carbocycles. The molecule has 0 aromatic carbocycles. The van der Waals surface area contributed by atoms with Crippen LogP contribution in [0.5, 0.6) is 0 Å². The van der Waals surface area contributed by atoms with Crippen LogP contribution in [0.15, 0.2) is 0 Å². The lowest BCUT2D eigenvalue weighted by Gasteiger charge is -2.29. The van der Waals surface area contributed by atoms with Crippen LogP contribution in [-0.2, 0) is 14.8 Å². The van der Waals surface area contributed by atoms with Gasteiger partial charge >= 0.3 is 0 Å². The molecular weight excluding hydrogens is 290 g/mol. The Morgan fingerprint density at radius 2 is 1.86 bits per heavy atom. The van der Waals surface area contributed by atoms with Crippen molar-refractivity contribution < 1.29 is 13.2 Å². The number of rotatable bonds is 8. The molecule has 0 bridgehead atoms. The summed E-state index contributed by atoms with van der Waals surface area (Å²) >= 11 is 0. The van der Waals surface area contributed by atoms with E-state index in [1.165, 1.54) is 0 Å². The Labute approximate surface area is 128 Å². The molecule has 0 aromatic heterocycles. The molecule has 1 heterocycles. The summed E-state index contributed by atoms with van der Waals surface area (Å²) in [6.45, 7) is 6.36. The van der Waals surface area contributed by atoms with Gasteiger partial charge in [0.2, 0.25) is 15.9 Å². The SMILES string of the molecule is CN(CC(C)(C)CN)C(=O)CCCS(=O)(=O)N1CCCC1. The van der Waals surface area contributed by atoms with E-state index in [0.717, 1.165) is 12.8 Å². The minimum absolute atomic E-state index is 0.0202. The van der Waals surface area contributed by atoms with Gasteiger partial charge in [0.05, 0.1) is 5.75 Å². The van der Waals surface area contributed by atoms with Gasteiger partial charge in [0, 0.05) is 33.1 Å². The number of amides is 1. The smallest absolute Gasteiger partial charge is 0.222 e. The minimum Gasteiger partial charge on any atom is -0.345 e. The molecule has 7 heteroatoms. The highest BCUT2D eigenvalue weighted by Gasteiger charge is 2.25. The molecule has 2 N–H and O–H groups in total. The quantitative estimate of drug-likeness (QED) is 0.711. The molecule has 21 heavy (non-hydrogen) atoms. The van der Waals surface area contributed by atoms with E-state index in [-0.39, 0.29) is 23.5 Å². The molecule has 124 valence electrons. The van der Waals surface area contributed by atoms with Crippen molar-refractivity contribution in [2.45, 2.75) is 39.5 Å². The maximum atomic E-state index is 12.0. The van der Waals surface area contributed by atoms with E-state index in [2.05, 4.69) is 0 Å². The molecule has 1 aliphatic heterocycles. The van der Waals surface area contributed by atoms with Gasteiger partial charge in [-0.2, -0.15) is 0 Å². The molecule has 0 spiro atoms. The van der Waals surface area contributed by atoms with Crippen molar-refractivity contribution >= 4 is 15.9 Å². The normalized spacial score (nSPS) is 17.1. The summed E-state index contributed by atoms with van der Waals surface area (Å²) < 4.78 is 25.6. The molecule has 0 radical (unpaired) electrons. The van der Waals surface area contributed by atoms with E-state index in [9.17, 15) is 13.2 Å². The topological polar surface area (TPSA) is 83.7 Å². The molecular formula is C14H29N3O3S. The third-order valence-corrected chi connectivity index (χ3v) is 5.85. The minimum atomic E-state index is -3.18. The van der Waals surface area contributed by atoms with Crippen LogP contribution in [0.3, 0.4) is 0 Å². The van der Waals surface area contributed by atoms with Gasteiger partial charge in [-0.3, -0.25) is 4.79 Å². The largest absolute Gasteiger partial charge is 0.345 e. The maximum absolute atomic E-state index is 12.0. The van der Waals surface area contributed by atoms with Gasteiger partial charge in [-0.15, -0.1) is 0 Å².